The molecule has 0 aromatic carbocycles. The van der Waals surface area contributed by atoms with Crippen LogP contribution in [0.25, 0.3) is 0 Å². The van der Waals surface area contributed by atoms with Gasteiger partial charge in [0.1, 0.15) is 6.29 Å². The summed E-state index contributed by atoms with van der Waals surface area (Å²) in [4.78, 5) is 22.1. The summed E-state index contributed by atoms with van der Waals surface area (Å²) < 4.78 is 0. The Morgan fingerprint density at radius 3 is 2.50 bits per heavy atom. The highest BCUT2D eigenvalue weighted by Crippen LogP contribution is 2.12. The number of allylic oxidation sites excluding steroid dienone is 3. The molecule has 3 nitrogen and oxygen atoms in total. The second-order valence-corrected chi connectivity index (χ2v) is 3.29. The summed E-state index contributed by atoms with van der Waals surface area (Å²) in [6, 6.07) is 0. The first-order valence-corrected chi connectivity index (χ1v) is 5.18. The number of carbonyl (C=O) groups excluding carboxylic acids is 2. The second-order valence-electron chi connectivity index (χ2n) is 3.29. The van der Waals surface area contributed by atoms with Crippen LogP contribution in [0.3, 0.4) is 0 Å². The third-order valence-electron chi connectivity index (χ3n) is 1.95. The lowest BCUT2D eigenvalue weighted by Crippen LogP contribution is -2.28. The normalized spacial score (nSPS) is 11.8. The van der Waals surface area contributed by atoms with Gasteiger partial charge in [-0.15, -0.1) is 0 Å². The predicted molar refractivity (Wildman–Crippen MR) is 68.2 cm³/mol. The van der Waals surface area contributed by atoms with E-state index in [1.165, 1.54) is 6.92 Å². The summed E-state index contributed by atoms with van der Waals surface area (Å²) in [6.07, 6.45) is 8.41. The fourth-order valence-corrected chi connectivity index (χ4v) is 1.29. The van der Waals surface area contributed by atoms with Crippen molar-refractivity contribution in [2.75, 3.05) is 13.6 Å². The highest BCUT2D eigenvalue weighted by Gasteiger charge is 2.13. The smallest absolute Gasteiger partial charge is 0.249 e. The first-order chi connectivity index (χ1) is 7.17. The fraction of sp³-hybridized carbons (Fsp3) is 0.538. The summed E-state index contributed by atoms with van der Waals surface area (Å²) >= 11 is 0. The van der Waals surface area contributed by atoms with E-state index in [1.807, 2.05) is 25.3 Å². The standard InChI is InChI=1S/C10H15NO.C2H4O.CH4/c1-3-8-11(2)10(12)9-6-4-5-7-9;1-2-3;/h4-6H,3,7-8H2,1-2H3;2H,1H3;1H4. The van der Waals surface area contributed by atoms with Gasteiger partial charge in [-0.25, -0.2) is 0 Å². The monoisotopic (exact) mass is 225 g/mol. The lowest BCUT2D eigenvalue weighted by molar-refractivity contribution is -0.126. The molecule has 0 saturated heterocycles. The number of likely N-dealkylation sites (N-methyl/N-ethyl adjacent to an activating group) is 1. The third kappa shape index (κ3) is 6.17. The molecule has 0 aromatic heterocycles. The molecular weight excluding hydrogens is 202 g/mol. The van der Waals surface area contributed by atoms with Crippen LogP contribution in [0.4, 0.5) is 0 Å². The summed E-state index contributed by atoms with van der Waals surface area (Å²) in [5, 5.41) is 0. The van der Waals surface area contributed by atoms with E-state index >= 15 is 0 Å². The summed E-state index contributed by atoms with van der Waals surface area (Å²) in [5.41, 5.74) is 0.908. The number of nitrogens with zero attached hydrogens (tertiary/aromatic N) is 1. The molecule has 1 rings (SSSR count). The third-order valence-corrected chi connectivity index (χ3v) is 1.95. The van der Waals surface area contributed by atoms with E-state index in [-0.39, 0.29) is 13.3 Å². The number of hydrogen-bond acceptors (Lipinski definition) is 2. The van der Waals surface area contributed by atoms with Crippen LogP contribution in [0.1, 0.15) is 34.1 Å². The maximum Gasteiger partial charge on any atom is 0.249 e. The van der Waals surface area contributed by atoms with Gasteiger partial charge in [-0.2, -0.15) is 0 Å². The molecule has 3 heteroatoms. The average molecular weight is 225 g/mol. The molecule has 0 fully saturated rings. The highest BCUT2D eigenvalue weighted by molar-refractivity contribution is 5.94. The predicted octanol–water partition coefficient (Wildman–Crippen LogP) is 2.58. The maximum atomic E-state index is 11.6. The zero-order chi connectivity index (χ0) is 11.7. The Morgan fingerprint density at radius 2 is 2.12 bits per heavy atom. The minimum atomic E-state index is 0. The van der Waals surface area contributed by atoms with Crippen LogP contribution in [0, 0.1) is 0 Å². The minimum Gasteiger partial charge on any atom is -0.342 e. The van der Waals surface area contributed by atoms with Crippen LogP contribution >= 0.6 is 0 Å². The van der Waals surface area contributed by atoms with Gasteiger partial charge in [0.25, 0.3) is 0 Å². The molecule has 1 aliphatic carbocycles. The molecule has 0 heterocycles. The van der Waals surface area contributed by atoms with Crippen molar-refractivity contribution >= 4 is 12.2 Å². The number of rotatable bonds is 3. The molecule has 16 heavy (non-hydrogen) atoms. The van der Waals surface area contributed by atoms with Crippen molar-refractivity contribution in [2.45, 2.75) is 34.1 Å². The van der Waals surface area contributed by atoms with E-state index in [1.54, 1.807) is 4.90 Å². The SMILES string of the molecule is C.CC=O.CCCN(C)C(=O)C1=CC=CC1. The first-order valence-electron chi connectivity index (χ1n) is 5.18. The van der Waals surface area contributed by atoms with E-state index in [2.05, 4.69) is 6.92 Å². The van der Waals surface area contributed by atoms with Crippen molar-refractivity contribution in [3.05, 3.63) is 23.8 Å². The largest absolute Gasteiger partial charge is 0.342 e. The van der Waals surface area contributed by atoms with E-state index in [0.717, 1.165) is 31.2 Å². The first kappa shape index (κ1) is 17.0. The van der Waals surface area contributed by atoms with E-state index in [4.69, 9.17) is 4.79 Å². The molecule has 0 aliphatic heterocycles. The Kier molecular flexibility index (Phi) is 10.8. The molecule has 0 saturated carbocycles. The zero-order valence-electron chi connectivity index (χ0n) is 9.69. The van der Waals surface area contributed by atoms with Crippen LogP contribution in [0.2, 0.25) is 0 Å². The highest BCUT2D eigenvalue weighted by atomic mass is 16.2. The molecule has 1 amide bonds. The van der Waals surface area contributed by atoms with Gasteiger partial charge in [-0.3, -0.25) is 4.79 Å². The van der Waals surface area contributed by atoms with Gasteiger partial charge in [0.15, 0.2) is 0 Å². The summed E-state index contributed by atoms with van der Waals surface area (Å²) in [5.74, 6) is 0.168. The molecular formula is C13H23NO2. The van der Waals surface area contributed by atoms with Gasteiger partial charge >= 0.3 is 0 Å². The molecule has 0 spiro atoms. The number of carbonyl (C=O) groups is 2. The Bertz CT molecular complexity index is 267. The van der Waals surface area contributed by atoms with Crippen LogP contribution in [0.15, 0.2) is 23.8 Å². The van der Waals surface area contributed by atoms with Gasteiger partial charge in [-0.1, -0.05) is 32.6 Å². The number of hydrogen-bond donors (Lipinski definition) is 0. The lowest BCUT2D eigenvalue weighted by atomic mass is 10.2. The van der Waals surface area contributed by atoms with Crippen molar-refractivity contribution in [3.8, 4) is 0 Å². The van der Waals surface area contributed by atoms with Crippen LogP contribution in [-0.4, -0.2) is 30.7 Å². The fourth-order valence-electron chi connectivity index (χ4n) is 1.29. The molecule has 1 aliphatic rings. The van der Waals surface area contributed by atoms with Crippen molar-refractivity contribution < 1.29 is 9.59 Å². The maximum absolute atomic E-state index is 11.6. The topological polar surface area (TPSA) is 37.4 Å². The lowest BCUT2D eigenvalue weighted by Gasteiger charge is -2.16. The molecule has 0 aromatic rings. The van der Waals surface area contributed by atoms with Crippen molar-refractivity contribution in [1.82, 2.24) is 4.90 Å². The van der Waals surface area contributed by atoms with Gasteiger partial charge < -0.3 is 9.69 Å². The molecule has 0 radical (unpaired) electrons. The van der Waals surface area contributed by atoms with Gasteiger partial charge in [-0.05, 0) is 19.8 Å². The Labute approximate surface area is 98.8 Å². The van der Waals surface area contributed by atoms with Gasteiger partial charge in [0.05, 0.1) is 0 Å². The summed E-state index contributed by atoms with van der Waals surface area (Å²) in [7, 11) is 1.85. The minimum absolute atomic E-state index is 0. The van der Waals surface area contributed by atoms with Crippen LogP contribution in [0.5, 0.6) is 0 Å². The average Bonchev–Trinajstić information content (AvgIpc) is 2.71. The molecule has 0 unspecified atom stereocenters. The Balaban J connectivity index is 0. The quantitative estimate of drug-likeness (QED) is 0.692. The van der Waals surface area contributed by atoms with E-state index in [9.17, 15) is 4.79 Å². The molecule has 0 N–H and O–H groups in total. The van der Waals surface area contributed by atoms with Gasteiger partial charge in [0, 0.05) is 19.2 Å². The van der Waals surface area contributed by atoms with Crippen molar-refractivity contribution in [2.24, 2.45) is 0 Å². The van der Waals surface area contributed by atoms with E-state index < -0.39 is 0 Å². The van der Waals surface area contributed by atoms with Gasteiger partial charge in [0.2, 0.25) is 5.91 Å². The zero-order valence-corrected chi connectivity index (χ0v) is 9.69. The van der Waals surface area contributed by atoms with Crippen LogP contribution < -0.4 is 0 Å². The number of aldehydes is 1. The molecule has 0 atom stereocenters. The molecule has 0 bridgehead atoms. The Hall–Kier alpha value is -1.38. The Morgan fingerprint density at radius 1 is 1.56 bits per heavy atom. The molecule has 92 valence electrons. The number of amides is 1. The van der Waals surface area contributed by atoms with Crippen LogP contribution in [-0.2, 0) is 9.59 Å². The second kappa shape index (κ2) is 10.1. The van der Waals surface area contributed by atoms with Crippen molar-refractivity contribution in [3.63, 3.8) is 0 Å². The van der Waals surface area contributed by atoms with Crippen molar-refractivity contribution in [1.29, 1.82) is 0 Å². The summed E-state index contributed by atoms with van der Waals surface area (Å²) in [6.45, 7) is 4.36. The van der Waals surface area contributed by atoms with E-state index in [0.29, 0.717) is 0 Å².